The summed E-state index contributed by atoms with van der Waals surface area (Å²) >= 11 is 0. The number of hydrogen-bond acceptors (Lipinski definition) is 4. The summed E-state index contributed by atoms with van der Waals surface area (Å²) in [5.41, 5.74) is 4.35. The van der Waals surface area contributed by atoms with Crippen LogP contribution in [0.5, 0.6) is 0 Å². The van der Waals surface area contributed by atoms with Crippen molar-refractivity contribution in [3.8, 4) is 0 Å². The van der Waals surface area contributed by atoms with E-state index in [-0.39, 0.29) is 11.8 Å². The molecule has 4 rings (SSSR count). The van der Waals surface area contributed by atoms with E-state index in [1.807, 2.05) is 27.7 Å². The Morgan fingerprint density at radius 2 is 1.54 bits per heavy atom. The molecule has 0 spiro atoms. The quantitative estimate of drug-likeness (QED) is 0.652. The molecule has 0 aromatic carbocycles. The highest BCUT2D eigenvalue weighted by Gasteiger charge is 2.19. The fourth-order valence-corrected chi connectivity index (χ4v) is 3.48. The Hall–Kier alpha value is -2.88. The SMILES string of the molecule is Cc1nc(C2C=CC=C(C3=CCC(c4nc(C)c(C)o4)CC=C3)C=C2)oc1C. The third-order valence-electron chi connectivity index (χ3n) is 5.48. The Morgan fingerprint density at radius 3 is 2.21 bits per heavy atom. The Bertz CT molecular complexity index is 988. The highest BCUT2D eigenvalue weighted by molar-refractivity contribution is 5.50. The van der Waals surface area contributed by atoms with Crippen LogP contribution in [0.15, 0.2) is 68.6 Å². The predicted molar refractivity (Wildman–Crippen MR) is 110 cm³/mol. The van der Waals surface area contributed by atoms with Gasteiger partial charge in [0.1, 0.15) is 11.5 Å². The lowest BCUT2D eigenvalue weighted by Gasteiger charge is -2.07. The first-order chi connectivity index (χ1) is 13.5. The molecule has 4 heteroatoms. The maximum atomic E-state index is 5.85. The molecule has 2 heterocycles. The van der Waals surface area contributed by atoms with E-state index in [0.29, 0.717) is 0 Å². The van der Waals surface area contributed by atoms with Crippen LogP contribution in [0.1, 0.15) is 59.4 Å². The monoisotopic (exact) mass is 374 g/mol. The van der Waals surface area contributed by atoms with Crippen molar-refractivity contribution in [1.29, 1.82) is 0 Å². The fraction of sp³-hybridized carbons (Fsp3) is 0.333. The summed E-state index contributed by atoms with van der Waals surface area (Å²) in [4.78, 5) is 9.14. The van der Waals surface area contributed by atoms with Crippen molar-refractivity contribution < 1.29 is 8.83 Å². The largest absolute Gasteiger partial charge is 0.445 e. The predicted octanol–water partition coefficient (Wildman–Crippen LogP) is 6.09. The highest BCUT2D eigenvalue weighted by Crippen LogP contribution is 2.31. The van der Waals surface area contributed by atoms with Gasteiger partial charge in [0.2, 0.25) is 5.89 Å². The smallest absolute Gasteiger partial charge is 0.205 e. The molecule has 2 aliphatic rings. The standard InChI is InChI=1S/C24H26N2O2/c1-15-17(3)27-23(25-15)21-9-5-7-19(11-13-21)20-8-6-10-22(14-12-20)24-26-16(2)18(4)28-24/h5-9,11-13,21-22H,10,14H2,1-4H3. The van der Waals surface area contributed by atoms with Gasteiger partial charge in [0.15, 0.2) is 5.89 Å². The molecule has 2 atom stereocenters. The third kappa shape index (κ3) is 3.72. The fourth-order valence-electron chi connectivity index (χ4n) is 3.48. The van der Waals surface area contributed by atoms with Gasteiger partial charge in [-0.1, -0.05) is 48.6 Å². The van der Waals surface area contributed by atoms with Crippen molar-refractivity contribution in [2.75, 3.05) is 0 Å². The second-order valence-corrected chi connectivity index (χ2v) is 7.51. The summed E-state index contributed by atoms with van der Waals surface area (Å²) in [7, 11) is 0. The summed E-state index contributed by atoms with van der Waals surface area (Å²) in [6, 6.07) is 0. The Morgan fingerprint density at radius 1 is 0.821 bits per heavy atom. The highest BCUT2D eigenvalue weighted by atomic mass is 16.4. The Kier molecular flexibility index (Phi) is 5.03. The van der Waals surface area contributed by atoms with Crippen molar-refractivity contribution >= 4 is 0 Å². The van der Waals surface area contributed by atoms with Crippen LogP contribution in [0.25, 0.3) is 0 Å². The first kappa shape index (κ1) is 18.5. The second-order valence-electron chi connectivity index (χ2n) is 7.51. The minimum atomic E-state index is 0.0579. The van der Waals surface area contributed by atoms with Crippen LogP contribution in [0.2, 0.25) is 0 Å². The first-order valence-corrected chi connectivity index (χ1v) is 9.83. The maximum Gasteiger partial charge on any atom is 0.205 e. The van der Waals surface area contributed by atoms with Crippen molar-refractivity contribution in [2.24, 2.45) is 0 Å². The summed E-state index contributed by atoms with van der Waals surface area (Å²) in [5, 5.41) is 0. The van der Waals surface area contributed by atoms with Crippen LogP contribution in [-0.4, -0.2) is 9.97 Å². The van der Waals surface area contributed by atoms with E-state index in [1.54, 1.807) is 0 Å². The number of aromatic nitrogens is 2. The van der Waals surface area contributed by atoms with E-state index in [1.165, 1.54) is 11.1 Å². The van der Waals surface area contributed by atoms with Gasteiger partial charge in [0.25, 0.3) is 0 Å². The third-order valence-corrected chi connectivity index (χ3v) is 5.48. The first-order valence-electron chi connectivity index (χ1n) is 9.83. The number of oxazole rings is 2. The van der Waals surface area contributed by atoms with E-state index in [9.17, 15) is 0 Å². The van der Waals surface area contributed by atoms with Gasteiger partial charge in [-0.15, -0.1) is 0 Å². The van der Waals surface area contributed by atoms with E-state index in [2.05, 4.69) is 58.6 Å². The number of aryl methyl sites for hydroxylation is 4. The molecule has 0 saturated carbocycles. The summed E-state index contributed by atoms with van der Waals surface area (Å²) in [6.07, 6.45) is 19.2. The van der Waals surface area contributed by atoms with Crippen molar-refractivity contribution in [1.82, 2.24) is 9.97 Å². The van der Waals surface area contributed by atoms with Crippen molar-refractivity contribution in [3.63, 3.8) is 0 Å². The molecule has 2 aromatic rings. The Balaban J connectivity index is 1.52. The van der Waals surface area contributed by atoms with E-state index >= 15 is 0 Å². The van der Waals surface area contributed by atoms with Crippen LogP contribution >= 0.6 is 0 Å². The summed E-state index contributed by atoms with van der Waals surface area (Å²) < 4.78 is 11.7. The molecule has 28 heavy (non-hydrogen) atoms. The average Bonchev–Trinajstić information content (AvgIpc) is 2.99. The number of allylic oxidation sites excluding steroid dienone is 10. The molecule has 2 aliphatic carbocycles. The summed E-state index contributed by atoms with van der Waals surface area (Å²) in [6.45, 7) is 7.90. The lowest BCUT2D eigenvalue weighted by molar-refractivity contribution is 0.429. The molecule has 2 aromatic heterocycles. The van der Waals surface area contributed by atoms with Crippen LogP contribution in [0.4, 0.5) is 0 Å². The zero-order valence-corrected chi connectivity index (χ0v) is 16.9. The lowest BCUT2D eigenvalue weighted by atomic mass is 10.0. The van der Waals surface area contributed by atoms with Gasteiger partial charge in [0, 0.05) is 5.92 Å². The minimum Gasteiger partial charge on any atom is -0.445 e. The van der Waals surface area contributed by atoms with Gasteiger partial charge in [-0.3, -0.25) is 0 Å². The van der Waals surface area contributed by atoms with E-state index in [0.717, 1.165) is 47.5 Å². The van der Waals surface area contributed by atoms with Gasteiger partial charge < -0.3 is 8.83 Å². The van der Waals surface area contributed by atoms with E-state index < -0.39 is 0 Å². The maximum absolute atomic E-state index is 5.85. The van der Waals surface area contributed by atoms with Crippen molar-refractivity contribution in [3.05, 3.63) is 94.4 Å². The van der Waals surface area contributed by atoms with Crippen molar-refractivity contribution in [2.45, 2.75) is 52.4 Å². The second kappa shape index (κ2) is 7.63. The Labute approximate surface area is 166 Å². The molecule has 4 nitrogen and oxygen atoms in total. The van der Waals surface area contributed by atoms with Crippen LogP contribution in [-0.2, 0) is 0 Å². The molecular formula is C24H26N2O2. The molecule has 144 valence electrons. The molecular weight excluding hydrogens is 348 g/mol. The minimum absolute atomic E-state index is 0.0579. The van der Waals surface area contributed by atoms with Gasteiger partial charge in [-0.25, -0.2) is 9.97 Å². The number of rotatable bonds is 3. The van der Waals surface area contributed by atoms with Crippen LogP contribution in [0.3, 0.4) is 0 Å². The molecule has 2 unspecified atom stereocenters. The van der Waals surface area contributed by atoms with Gasteiger partial charge in [0.05, 0.1) is 17.3 Å². The number of hydrogen-bond donors (Lipinski definition) is 0. The van der Waals surface area contributed by atoms with Gasteiger partial charge in [-0.05, 0) is 51.7 Å². The molecule has 0 fully saturated rings. The average molecular weight is 374 g/mol. The van der Waals surface area contributed by atoms with Gasteiger partial charge in [-0.2, -0.15) is 0 Å². The summed E-state index contributed by atoms with van der Waals surface area (Å²) in [5.74, 6) is 3.73. The zero-order valence-electron chi connectivity index (χ0n) is 16.9. The zero-order chi connectivity index (χ0) is 19.7. The van der Waals surface area contributed by atoms with E-state index in [4.69, 9.17) is 8.83 Å². The van der Waals surface area contributed by atoms with Crippen LogP contribution < -0.4 is 0 Å². The molecule has 0 N–H and O–H groups in total. The molecule has 0 aliphatic heterocycles. The molecule has 0 saturated heterocycles. The van der Waals surface area contributed by atoms with Gasteiger partial charge >= 0.3 is 0 Å². The molecule has 0 bridgehead atoms. The van der Waals surface area contributed by atoms with Crippen LogP contribution in [0, 0.1) is 27.7 Å². The normalized spacial score (nSPS) is 22.0. The molecule has 0 radical (unpaired) electrons. The topological polar surface area (TPSA) is 52.1 Å². The molecule has 0 amide bonds. The number of nitrogens with zero attached hydrogens (tertiary/aromatic N) is 2. The lowest BCUT2D eigenvalue weighted by Crippen LogP contribution is -1.96.